The van der Waals surface area contributed by atoms with Crippen molar-refractivity contribution in [1.29, 1.82) is 0 Å². The van der Waals surface area contributed by atoms with E-state index < -0.39 is 0 Å². The van der Waals surface area contributed by atoms with E-state index in [0.29, 0.717) is 5.39 Å². The molecule has 0 saturated heterocycles. The molecule has 40 heavy (non-hydrogen) atoms. The Bertz CT molecular complexity index is 2270. The molecule has 0 amide bonds. The number of hydrogen-bond donors (Lipinski definition) is 0. The van der Waals surface area contributed by atoms with Gasteiger partial charge in [-0.15, -0.1) is 0 Å². The zero-order valence-electron chi connectivity index (χ0n) is 21.5. The molecule has 0 aliphatic rings. The molecule has 2 heterocycles. The van der Waals surface area contributed by atoms with Crippen LogP contribution >= 0.6 is 0 Å². The van der Waals surface area contributed by atoms with Crippen molar-refractivity contribution < 1.29 is 4.42 Å². The first-order valence-electron chi connectivity index (χ1n) is 13.4. The van der Waals surface area contributed by atoms with Crippen molar-refractivity contribution >= 4 is 43.6 Å². The Hall–Kier alpha value is -5.41. The third-order valence-electron chi connectivity index (χ3n) is 7.84. The summed E-state index contributed by atoms with van der Waals surface area (Å²) >= 11 is 0. The van der Waals surface area contributed by atoms with Crippen LogP contribution in [-0.2, 0) is 0 Å². The Morgan fingerprint density at radius 1 is 0.475 bits per heavy atom. The van der Waals surface area contributed by atoms with Gasteiger partial charge in [-0.05, 0) is 58.5 Å². The van der Waals surface area contributed by atoms with E-state index in [1.807, 2.05) is 77.4 Å². The van der Waals surface area contributed by atoms with Crippen LogP contribution < -0.4 is 5.56 Å². The van der Waals surface area contributed by atoms with E-state index in [9.17, 15) is 4.79 Å². The summed E-state index contributed by atoms with van der Waals surface area (Å²) in [6.07, 6.45) is 0. The van der Waals surface area contributed by atoms with E-state index in [1.165, 1.54) is 0 Å². The fourth-order valence-corrected chi connectivity index (χ4v) is 5.91. The average Bonchev–Trinajstić information content (AvgIpc) is 3.41. The SMILES string of the molecule is O=c1c2ccccc2c2cc(-c3ccccc3)ccc2n1-c1ccc(-c2cccc3c2oc2ccccc23)cc1. The lowest BCUT2D eigenvalue weighted by atomic mass is 9.99. The van der Waals surface area contributed by atoms with Crippen LogP contribution in [0.1, 0.15) is 0 Å². The number of furan rings is 1. The van der Waals surface area contributed by atoms with Gasteiger partial charge in [-0.2, -0.15) is 0 Å². The first-order valence-corrected chi connectivity index (χ1v) is 13.4. The second-order valence-corrected chi connectivity index (χ2v) is 10.1. The molecule has 0 N–H and O–H groups in total. The fourth-order valence-electron chi connectivity index (χ4n) is 5.91. The molecule has 3 nitrogen and oxygen atoms in total. The van der Waals surface area contributed by atoms with Crippen LogP contribution in [0, 0.1) is 0 Å². The summed E-state index contributed by atoms with van der Waals surface area (Å²) in [7, 11) is 0. The topological polar surface area (TPSA) is 35.1 Å². The third-order valence-corrected chi connectivity index (χ3v) is 7.84. The molecule has 0 unspecified atom stereocenters. The van der Waals surface area contributed by atoms with Gasteiger partial charge < -0.3 is 4.42 Å². The van der Waals surface area contributed by atoms with E-state index in [1.54, 1.807) is 0 Å². The highest BCUT2D eigenvalue weighted by atomic mass is 16.3. The quantitative estimate of drug-likeness (QED) is 0.221. The molecule has 8 rings (SSSR count). The molecule has 0 atom stereocenters. The first-order chi connectivity index (χ1) is 19.8. The van der Waals surface area contributed by atoms with Gasteiger partial charge in [0.1, 0.15) is 11.2 Å². The molecular weight excluding hydrogens is 490 g/mol. The third kappa shape index (κ3) is 3.41. The Morgan fingerprint density at radius 2 is 1.15 bits per heavy atom. The summed E-state index contributed by atoms with van der Waals surface area (Å²) in [5.41, 5.74) is 7.78. The number of benzene rings is 6. The van der Waals surface area contributed by atoms with Gasteiger partial charge in [0.05, 0.1) is 5.52 Å². The molecule has 0 aliphatic carbocycles. The Balaban J connectivity index is 1.32. The highest BCUT2D eigenvalue weighted by molar-refractivity contribution is 6.10. The van der Waals surface area contributed by atoms with Crippen LogP contribution in [0.5, 0.6) is 0 Å². The molecular formula is C37H23NO2. The van der Waals surface area contributed by atoms with E-state index in [-0.39, 0.29) is 5.56 Å². The van der Waals surface area contributed by atoms with Crippen LogP contribution in [0.15, 0.2) is 149 Å². The molecule has 3 heteroatoms. The molecule has 0 fully saturated rings. The number of aromatic nitrogens is 1. The maximum Gasteiger partial charge on any atom is 0.263 e. The Kier molecular flexibility index (Phi) is 4.98. The van der Waals surface area contributed by atoms with Gasteiger partial charge in [0.2, 0.25) is 0 Å². The minimum atomic E-state index is -0.0253. The molecule has 188 valence electrons. The minimum Gasteiger partial charge on any atom is -0.455 e. The van der Waals surface area contributed by atoms with Crippen molar-refractivity contribution in [2.24, 2.45) is 0 Å². The monoisotopic (exact) mass is 513 g/mol. The lowest BCUT2D eigenvalue weighted by Gasteiger charge is -2.15. The van der Waals surface area contributed by atoms with E-state index in [2.05, 4.69) is 66.7 Å². The second kappa shape index (κ2) is 8.82. The standard InChI is InChI=1S/C37H23NO2/c39-37-32-13-5-4-11-29(32)33-23-26(24-9-2-1-3-10-24)19-22-34(33)38(37)27-20-17-25(18-21-27)28-14-8-15-31-30-12-6-7-16-35(30)40-36(28)31/h1-23H. The molecule has 0 saturated carbocycles. The summed E-state index contributed by atoms with van der Waals surface area (Å²) in [6, 6.07) is 47.1. The number of nitrogens with zero attached hydrogens (tertiary/aromatic N) is 1. The van der Waals surface area contributed by atoms with Gasteiger partial charge >= 0.3 is 0 Å². The average molecular weight is 514 g/mol. The van der Waals surface area contributed by atoms with Gasteiger partial charge in [0.25, 0.3) is 5.56 Å². The van der Waals surface area contributed by atoms with Crippen molar-refractivity contribution in [2.75, 3.05) is 0 Å². The summed E-state index contributed by atoms with van der Waals surface area (Å²) in [4.78, 5) is 13.9. The highest BCUT2D eigenvalue weighted by Gasteiger charge is 2.15. The van der Waals surface area contributed by atoms with Crippen LogP contribution in [0.3, 0.4) is 0 Å². The molecule has 2 aromatic heterocycles. The highest BCUT2D eigenvalue weighted by Crippen LogP contribution is 2.36. The van der Waals surface area contributed by atoms with Crippen molar-refractivity contribution in [3.63, 3.8) is 0 Å². The normalized spacial score (nSPS) is 11.6. The van der Waals surface area contributed by atoms with Crippen molar-refractivity contribution in [3.8, 4) is 27.9 Å². The molecule has 0 radical (unpaired) electrons. The lowest BCUT2D eigenvalue weighted by molar-refractivity contribution is 0.670. The van der Waals surface area contributed by atoms with Crippen molar-refractivity contribution in [1.82, 2.24) is 4.57 Å². The summed E-state index contributed by atoms with van der Waals surface area (Å²) < 4.78 is 8.10. The molecule has 0 aliphatic heterocycles. The van der Waals surface area contributed by atoms with Gasteiger partial charge in [-0.3, -0.25) is 9.36 Å². The predicted molar refractivity (Wildman–Crippen MR) is 165 cm³/mol. The molecule has 0 spiro atoms. The number of pyridine rings is 1. The van der Waals surface area contributed by atoms with Crippen LogP contribution in [0.2, 0.25) is 0 Å². The fraction of sp³-hybridized carbons (Fsp3) is 0. The molecule has 6 aromatic carbocycles. The first kappa shape index (κ1) is 22.6. The number of fused-ring (bicyclic) bond motifs is 6. The molecule has 8 aromatic rings. The van der Waals surface area contributed by atoms with Crippen LogP contribution in [-0.4, -0.2) is 4.57 Å². The van der Waals surface area contributed by atoms with Gasteiger partial charge in [-0.25, -0.2) is 0 Å². The number of rotatable bonds is 3. The summed E-state index contributed by atoms with van der Waals surface area (Å²) in [5.74, 6) is 0. The summed E-state index contributed by atoms with van der Waals surface area (Å²) in [5, 5.41) is 4.93. The predicted octanol–water partition coefficient (Wildman–Crippen LogP) is 9.38. The Labute approximate surface area is 230 Å². The van der Waals surface area contributed by atoms with E-state index >= 15 is 0 Å². The smallest absolute Gasteiger partial charge is 0.263 e. The number of para-hydroxylation sites is 2. The zero-order chi connectivity index (χ0) is 26.6. The van der Waals surface area contributed by atoms with Crippen LogP contribution in [0.4, 0.5) is 0 Å². The van der Waals surface area contributed by atoms with Gasteiger partial charge in [0, 0.05) is 32.8 Å². The van der Waals surface area contributed by atoms with Crippen molar-refractivity contribution in [2.45, 2.75) is 0 Å². The van der Waals surface area contributed by atoms with E-state index in [0.717, 1.165) is 66.2 Å². The maximum absolute atomic E-state index is 13.9. The number of hydrogen-bond acceptors (Lipinski definition) is 2. The largest absolute Gasteiger partial charge is 0.455 e. The van der Waals surface area contributed by atoms with E-state index in [4.69, 9.17) is 4.42 Å². The second-order valence-electron chi connectivity index (χ2n) is 10.1. The summed E-state index contributed by atoms with van der Waals surface area (Å²) in [6.45, 7) is 0. The van der Waals surface area contributed by atoms with Crippen molar-refractivity contribution in [3.05, 3.63) is 150 Å². The van der Waals surface area contributed by atoms with Gasteiger partial charge in [0.15, 0.2) is 0 Å². The zero-order valence-corrected chi connectivity index (χ0v) is 21.5. The Morgan fingerprint density at radius 3 is 1.98 bits per heavy atom. The minimum absolute atomic E-state index is 0.0253. The lowest BCUT2D eigenvalue weighted by Crippen LogP contribution is -2.19. The maximum atomic E-state index is 13.9. The molecule has 0 bridgehead atoms. The van der Waals surface area contributed by atoms with Gasteiger partial charge in [-0.1, -0.05) is 103 Å². The van der Waals surface area contributed by atoms with Crippen LogP contribution in [0.25, 0.3) is 71.6 Å².